The van der Waals surface area contributed by atoms with Crippen molar-refractivity contribution in [3.63, 3.8) is 0 Å². The van der Waals surface area contributed by atoms with Gasteiger partial charge in [-0.05, 0) is 42.2 Å². The van der Waals surface area contributed by atoms with Gasteiger partial charge in [-0.15, -0.1) is 0 Å². The first kappa shape index (κ1) is 22.7. The predicted molar refractivity (Wildman–Crippen MR) is 105 cm³/mol. The minimum Gasteiger partial charge on any atom is -0.335 e. The van der Waals surface area contributed by atoms with Crippen LogP contribution in [0.3, 0.4) is 0 Å². The van der Waals surface area contributed by atoms with E-state index in [-0.39, 0.29) is 53.9 Å². The Labute approximate surface area is 188 Å². The van der Waals surface area contributed by atoms with Crippen molar-refractivity contribution in [2.24, 2.45) is 5.92 Å². The van der Waals surface area contributed by atoms with Crippen molar-refractivity contribution < 1.29 is 40.4 Å². The van der Waals surface area contributed by atoms with Crippen LogP contribution in [0.25, 0.3) is 5.70 Å². The largest absolute Gasteiger partial charge is 0.428 e. The van der Waals surface area contributed by atoms with Crippen molar-refractivity contribution in [1.29, 1.82) is 0 Å². The van der Waals surface area contributed by atoms with Crippen LogP contribution in [-0.4, -0.2) is 30.1 Å². The predicted octanol–water partition coefficient (Wildman–Crippen LogP) is 4.85. The molecule has 0 aromatic heterocycles. The zero-order valence-corrected chi connectivity index (χ0v) is 17.4. The average molecular weight is 486 g/mol. The van der Waals surface area contributed by atoms with Gasteiger partial charge in [0, 0.05) is 11.5 Å². The second-order valence-electron chi connectivity index (χ2n) is 8.76. The maximum atomic E-state index is 15.2. The number of rotatable bonds is 4. The van der Waals surface area contributed by atoms with Crippen molar-refractivity contribution in [2.75, 3.05) is 13.1 Å². The highest BCUT2D eigenvalue weighted by Gasteiger charge is 2.60. The quantitative estimate of drug-likeness (QED) is 0.496. The topological polar surface area (TPSA) is 41.6 Å². The molecule has 1 N–H and O–H groups in total. The van der Waals surface area contributed by atoms with E-state index >= 15 is 4.39 Å². The van der Waals surface area contributed by atoms with E-state index in [2.05, 4.69) is 5.48 Å². The highest BCUT2D eigenvalue weighted by molar-refractivity contribution is 5.82. The fourth-order valence-corrected chi connectivity index (χ4v) is 4.19. The minimum absolute atomic E-state index is 0.0238. The highest BCUT2D eigenvalue weighted by Crippen LogP contribution is 2.48. The molecule has 1 saturated heterocycles. The van der Waals surface area contributed by atoms with Gasteiger partial charge in [0.25, 0.3) is 0 Å². The lowest BCUT2D eigenvalue weighted by molar-refractivity contribution is -0.269. The molecule has 1 amide bonds. The molecule has 2 aromatic carbocycles. The third-order valence-electron chi connectivity index (χ3n) is 6.34. The number of hydroxylamine groups is 1. The summed E-state index contributed by atoms with van der Waals surface area (Å²) in [6.45, 7) is -0.185. The fraction of sp³-hybridized carbons (Fsp3) is 0.348. The summed E-state index contributed by atoms with van der Waals surface area (Å²) in [6.07, 6.45) is -2.96. The summed E-state index contributed by atoms with van der Waals surface area (Å²) < 4.78 is 97.6. The van der Waals surface area contributed by atoms with Crippen molar-refractivity contribution >= 4 is 11.6 Å². The number of carbonyl (C=O) groups is 1. The molecule has 1 saturated carbocycles. The number of carbonyl (C=O) groups excluding carboxylic acids is 1. The van der Waals surface area contributed by atoms with Crippen LogP contribution in [0.15, 0.2) is 42.5 Å². The van der Waals surface area contributed by atoms with Crippen molar-refractivity contribution in [3.8, 4) is 0 Å². The Kier molecular flexibility index (Phi) is 4.98. The van der Waals surface area contributed by atoms with Crippen LogP contribution in [-0.2, 0) is 20.9 Å². The molecule has 1 aliphatic carbocycles. The van der Waals surface area contributed by atoms with Crippen LogP contribution < -0.4 is 5.48 Å². The zero-order valence-electron chi connectivity index (χ0n) is 17.4. The Morgan fingerprint density at radius 3 is 2.12 bits per heavy atom. The lowest BCUT2D eigenvalue weighted by atomic mass is 9.86. The molecule has 2 fully saturated rings. The van der Waals surface area contributed by atoms with E-state index in [1.54, 1.807) is 0 Å². The molecule has 5 rings (SSSR count). The summed E-state index contributed by atoms with van der Waals surface area (Å²) >= 11 is 0. The molecule has 2 heterocycles. The van der Waals surface area contributed by atoms with Gasteiger partial charge in [0.2, 0.25) is 11.5 Å². The third-order valence-corrected chi connectivity index (χ3v) is 6.34. The van der Waals surface area contributed by atoms with Gasteiger partial charge in [-0.3, -0.25) is 15.1 Å². The molecule has 0 bridgehead atoms. The normalized spacial score (nSPS) is 23.9. The van der Waals surface area contributed by atoms with Gasteiger partial charge in [0.1, 0.15) is 0 Å². The van der Waals surface area contributed by atoms with E-state index in [0.29, 0.717) is 6.08 Å². The summed E-state index contributed by atoms with van der Waals surface area (Å²) in [5, 5.41) is 0. The summed E-state index contributed by atoms with van der Waals surface area (Å²) in [4.78, 5) is 18.2. The maximum absolute atomic E-state index is 15.2. The lowest BCUT2D eigenvalue weighted by Gasteiger charge is -2.45. The van der Waals surface area contributed by atoms with Gasteiger partial charge < -0.3 is 4.90 Å². The van der Waals surface area contributed by atoms with E-state index in [9.17, 15) is 31.1 Å². The van der Waals surface area contributed by atoms with E-state index in [4.69, 9.17) is 4.84 Å². The number of alkyl halides is 4. The van der Waals surface area contributed by atoms with E-state index < -0.39 is 40.5 Å². The Balaban J connectivity index is 1.41. The van der Waals surface area contributed by atoms with Gasteiger partial charge in [0.15, 0.2) is 23.1 Å². The Morgan fingerprint density at radius 1 is 1.00 bits per heavy atom. The minimum atomic E-state index is -5.16. The first-order valence-electron chi connectivity index (χ1n) is 10.4. The van der Waals surface area contributed by atoms with Gasteiger partial charge in [0.05, 0.1) is 18.8 Å². The molecule has 2 aromatic rings. The molecular weight excluding hydrogens is 469 g/mol. The number of nitrogens with zero attached hydrogens (tertiary/aromatic N) is 1. The molecule has 1 atom stereocenters. The number of hydrogen-bond acceptors (Lipinski definition) is 3. The molecule has 34 heavy (non-hydrogen) atoms. The number of halogens is 7. The van der Waals surface area contributed by atoms with Crippen molar-refractivity contribution in [3.05, 3.63) is 76.6 Å². The smallest absolute Gasteiger partial charge is 0.335 e. The number of benzene rings is 2. The van der Waals surface area contributed by atoms with Crippen LogP contribution >= 0.6 is 0 Å². The van der Waals surface area contributed by atoms with Crippen LogP contribution in [0, 0.1) is 23.4 Å². The van der Waals surface area contributed by atoms with Crippen LogP contribution in [0.4, 0.5) is 30.7 Å². The van der Waals surface area contributed by atoms with Gasteiger partial charge in [-0.1, -0.05) is 24.3 Å². The van der Waals surface area contributed by atoms with Crippen LogP contribution in [0.2, 0.25) is 0 Å². The standard InChI is InChI=1S/C23H17F7N2O2/c24-16-7-15(8-17(25)19(16)26)22(23(28,29)30)9-18(31-34-22)12-3-5-14(6-4-12)21(27)10-32(11-21)20(33)13-1-2-13/h3-9,13,31H,1-2,10-11H2. The zero-order chi connectivity index (χ0) is 24.5. The van der Waals surface area contributed by atoms with Crippen LogP contribution in [0.1, 0.15) is 29.5 Å². The fourth-order valence-electron chi connectivity index (χ4n) is 4.19. The molecule has 4 nitrogen and oxygen atoms in total. The molecule has 3 aliphatic rings. The van der Waals surface area contributed by atoms with Crippen molar-refractivity contribution in [2.45, 2.75) is 30.3 Å². The van der Waals surface area contributed by atoms with E-state index in [1.165, 1.54) is 29.2 Å². The molecule has 0 spiro atoms. The molecular formula is C23H17F7N2O2. The van der Waals surface area contributed by atoms with Gasteiger partial charge >= 0.3 is 6.18 Å². The lowest BCUT2D eigenvalue weighted by Crippen LogP contribution is -2.59. The number of amides is 1. The van der Waals surface area contributed by atoms with Gasteiger partial charge in [-0.2, -0.15) is 13.2 Å². The Bertz CT molecular complexity index is 1160. The number of nitrogens with one attached hydrogen (secondary N) is 1. The second-order valence-corrected chi connectivity index (χ2v) is 8.76. The number of hydrogen-bond donors (Lipinski definition) is 1. The van der Waals surface area contributed by atoms with E-state index in [0.717, 1.165) is 12.8 Å². The van der Waals surface area contributed by atoms with Crippen molar-refractivity contribution in [1.82, 2.24) is 10.4 Å². The summed E-state index contributed by atoms with van der Waals surface area (Å²) in [6, 6.07) is 5.94. The molecule has 180 valence electrons. The average Bonchev–Trinajstić information content (AvgIpc) is 3.51. The van der Waals surface area contributed by atoms with Crippen LogP contribution in [0.5, 0.6) is 0 Å². The highest BCUT2D eigenvalue weighted by atomic mass is 19.4. The van der Waals surface area contributed by atoms with Gasteiger partial charge in [-0.25, -0.2) is 17.6 Å². The monoisotopic (exact) mass is 486 g/mol. The molecule has 1 unspecified atom stereocenters. The molecule has 11 heteroatoms. The summed E-state index contributed by atoms with van der Waals surface area (Å²) in [5.74, 6) is -5.59. The first-order chi connectivity index (χ1) is 15.9. The summed E-state index contributed by atoms with van der Waals surface area (Å²) in [5.41, 5.74) is -3.65. The Hall–Kier alpha value is -3.08. The number of likely N-dealkylation sites (tertiary alicyclic amines) is 1. The second kappa shape index (κ2) is 7.46. The van der Waals surface area contributed by atoms with E-state index in [1.807, 2.05) is 0 Å². The SMILES string of the molecule is O=C(C1CC1)N1CC(F)(c2ccc(C3=CC(c4cc(F)c(F)c(F)c4)(C(F)(F)F)ON3)cc2)C1. The molecule has 0 radical (unpaired) electrons. The maximum Gasteiger partial charge on any atom is 0.428 e. The Morgan fingerprint density at radius 2 is 1.59 bits per heavy atom. The third kappa shape index (κ3) is 3.53. The summed E-state index contributed by atoms with van der Waals surface area (Å²) in [7, 11) is 0. The first-order valence-corrected chi connectivity index (χ1v) is 10.4. The molecule has 2 aliphatic heterocycles.